The summed E-state index contributed by atoms with van der Waals surface area (Å²) in [4.78, 5) is 0. The van der Waals surface area contributed by atoms with Gasteiger partial charge in [-0.3, -0.25) is 0 Å². The predicted octanol–water partition coefficient (Wildman–Crippen LogP) is 5.02. The summed E-state index contributed by atoms with van der Waals surface area (Å²) >= 11 is 0. The number of allylic oxidation sites excluding steroid dienone is 2. The molecule has 1 aliphatic heterocycles. The zero-order valence-electron chi connectivity index (χ0n) is 16.8. The van der Waals surface area contributed by atoms with Crippen LogP contribution in [0.25, 0.3) is 6.08 Å². The van der Waals surface area contributed by atoms with Crippen molar-refractivity contribution in [2.24, 2.45) is 0 Å². The van der Waals surface area contributed by atoms with Crippen LogP contribution in [0.1, 0.15) is 25.3 Å². The summed E-state index contributed by atoms with van der Waals surface area (Å²) in [6, 6.07) is 16.9. The van der Waals surface area contributed by atoms with Gasteiger partial charge >= 0.3 is 7.12 Å². The normalized spacial score (nSPS) is 17.0. The van der Waals surface area contributed by atoms with E-state index in [2.05, 4.69) is 6.58 Å². The van der Waals surface area contributed by atoms with E-state index >= 15 is 0 Å². The van der Waals surface area contributed by atoms with E-state index in [1.54, 1.807) is 12.1 Å². The van der Waals surface area contributed by atoms with Gasteiger partial charge in [-0.1, -0.05) is 60.7 Å². The second-order valence-electron chi connectivity index (χ2n) is 7.27. The molecule has 0 fully saturated rings. The lowest BCUT2D eigenvalue weighted by molar-refractivity contribution is 0.181. The third kappa shape index (κ3) is 6.11. The molecule has 0 spiro atoms. The molecule has 2 N–H and O–H groups in total. The number of benzene rings is 2. The minimum Gasteiger partial charge on any atom is -0.507 e. The van der Waals surface area contributed by atoms with Crippen LogP contribution in [-0.2, 0) is 4.65 Å². The number of hydrogen-bond donors (Lipinski definition) is 2. The first-order valence-corrected chi connectivity index (χ1v) is 9.87. The molecule has 1 unspecified atom stereocenters. The van der Waals surface area contributed by atoms with E-state index in [-0.39, 0.29) is 11.9 Å². The molecule has 2 aromatic carbocycles. The van der Waals surface area contributed by atoms with E-state index in [4.69, 9.17) is 9.39 Å². The Bertz CT molecular complexity index is 889. The SMILES string of the molecule is C=C(COc1ccccc1)C1=CCB(O)OC1CC/C(C)=C/c1ccccc1O. The van der Waals surface area contributed by atoms with Crippen LogP contribution >= 0.6 is 0 Å². The highest BCUT2D eigenvalue weighted by Crippen LogP contribution is 2.28. The Morgan fingerprint density at radius 3 is 2.69 bits per heavy atom. The predicted molar refractivity (Wildman–Crippen MR) is 118 cm³/mol. The van der Waals surface area contributed by atoms with E-state index in [0.717, 1.165) is 34.5 Å². The lowest BCUT2D eigenvalue weighted by atomic mass is 9.78. The fourth-order valence-corrected chi connectivity index (χ4v) is 3.35. The van der Waals surface area contributed by atoms with Gasteiger partial charge < -0.3 is 19.5 Å². The topological polar surface area (TPSA) is 58.9 Å². The van der Waals surface area contributed by atoms with Gasteiger partial charge in [0.05, 0.1) is 6.10 Å². The largest absolute Gasteiger partial charge is 0.507 e. The Labute approximate surface area is 173 Å². The van der Waals surface area contributed by atoms with Crippen molar-refractivity contribution < 1.29 is 19.5 Å². The molecule has 0 saturated heterocycles. The smallest absolute Gasteiger partial charge is 0.458 e. The monoisotopic (exact) mass is 390 g/mol. The first-order chi connectivity index (χ1) is 14.0. The van der Waals surface area contributed by atoms with Gasteiger partial charge in [0, 0.05) is 11.9 Å². The molecule has 0 amide bonds. The molecule has 150 valence electrons. The Balaban J connectivity index is 1.61. The lowest BCUT2D eigenvalue weighted by Crippen LogP contribution is -2.32. The summed E-state index contributed by atoms with van der Waals surface area (Å²) in [5.74, 6) is 1.06. The second-order valence-corrected chi connectivity index (χ2v) is 7.27. The summed E-state index contributed by atoms with van der Waals surface area (Å²) in [5, 5.41) is 19.9. The molecular formula is C24H27BO4. The van der Waals surface area contributed by atoms with Crippen molar-refractivity contribution in [2.75, 3.05) is 6.61 Å². The molecule has 29 heavy (non-hydrogen) atoms. The number of phenols is 1. The summed E-state index contributed by atoms with van der Waals surface area (Å²) in [6.07, 6.45) is 5.67. The van der Waals surface area contributed by atoms with Crippen LogP contribution in [0.5, 0.6) is 11.5 Å². The maximum Gasteiger partial charge on any atom is 0.458 e. The van der Waals surface area contributed by atoms with Crippen molar-refractivity contribution in [3.8, 4) is 11.5 Å². The van der Waals surface area contributed by atoms with Crippen molar-refractivity contribution in [1.82, 2.24) is 0 Å². The standard InChI is InChI=1S/C24H27BO4/c1-18(16-20-8-6-7-11-23(20)26)12-13-24-22(14-15-25(27)29-24)19(2)17-28-21-9-4-3-5-10-21/h3-11,14,16,24,26-27H,2,12-13,15,17H2,1H3/b18-16+. The summed E-state index contributed by atoms with van der Waals surface area (Å²) in [7, 11) is -0.797. The molecule has 1 atom stereocenters. The van der Waals surface area contributed by atoms with Crippen molar-refractivity contribution in [3.63, 3.8) is 0 Å². The van der Waals surface area contributed by atoms with Gasteiger partial charge in [0.2, 0.25) is 0 Å². The average molecular weight is 390 g/mol. The maximum absolute atomic E-state index is 9.95. The molecule has 3 rings (SSSR count). The van der Waals surface area contributed by atoms with Crippen molar-refractivity contribution in [2.45, 2.75) is 32.2 Å². The second kappa shape index (κ2) is 10.1. The van der Waals surface area contributed by atoms with Crippen molar-refractivity contribution >= 4 is 13.2 Å². The van der Waals surface area contributed by atoms with Crippen LogP contribution in [0.3, 0.4) is 0 Å². The number of rotatable bonds is 8. The molecule has 0 aliphatic carbocycles. The Hall–Kier alpha value is -2.76. The van der Waals surface area contributed by atoms with Crippen LogP contribution in [0, 0.1) is 0 Å². The number of para-hydroxylation sites is 2. The summed E-state index contributed by atoms with van der Waals surface area (Å²) in [5.41, 5.74) is 3.77. The highest BCUT2D eigenvalue weighted by atomic mass is 16.5. The number of aromatic hydroxyl groups is 1. The molecule has 5 heteroatoms. The van der Waals surface area contributed by atoms with Crippen LogP contribution in [0.4, 0.5) is 0 Å². The molecule has 0 saturated carbocycles. The van der Waals surface area contributed by atoms with Gasteiger partial charge in [0.15, 0.2) is 0 Å². The van der Waals surface area contributed by atoms with Gasteiger partial charge in [0.1, 0.15) is 18.1 Å². The highest BCUT2D eigenvalue weighted by molar-refractivity contribution is 6.43. The lowest BCUT2D eigenvalue weighted by Gasteiger charge is -2.28. The van der Waals surface area contributed by atoms with Gasteiger partial charge in [-0.25, -0.2) is 0 Å². The third-order valence-electron chi connectivity index (χ3n) is 4.91. The Kier molecular flexibility index (Phi) is 7.33. The first kappa shape index (κ1) is 21.0. The molecule has 0 bridgehead atoms. The zero-order valence-corrected chi connectivity index (χ0v) is 16.8. The van der Waals surface area contributed by atoms with Crippen LogP contribution in [0.15, 0.2) is 84.0 Å². The van der Waals surface area contributed by atoms with E-state index in [1.807, 2.05) is 61.5 Å². The first-order valence-electron chi connectivity index (χ1n) is 9.87. The molecule has 2 aromatic rings. The van der Waals surface area contributed by atoms with Crippen molar-refractivity contribution in [3.05, 3.63) is 89.5 Å². The summed E-state index contributed by atoms with van der Waals surface area (Å²) < 4.78 is 11.6. The highest BCUT2D eigenvalue weighted by Gasteiger charge is 2.28. The zero-order chi connectivity index (χ0) is 20.6. The Morgan fingerprint density at radius 2 is 1.93 bits per heavy atom. The average Bonchev–Trinajstić information content (AvgIpc) is 2.73. The minimum atomic E-state index is -0.797. The van der Waals surface area contributed by atoms with E-state index in [1.165, 1.54) is 0 Å². The van der Waals surface area contributed by atoms with Crippen LogP contribution in [-0.4, -0.2) is 30.0 Å². The Morgan fingerprint density at radius 1 is 1.21 bits per heavy atom. The molecule has 1 aliphatic rings. The van der Waals surface area contributed by atoms with E-state index in [9.17, 15) is 10.1 Å². The van der Waals surface area contributed by atoms with Gasteiger partial charge in [0.25, 0.3) is 0 Å². The molecule has 0 aromatic heterocycles. The quantitative estimate of drug-likeness (QED) is 0.622. The number of hydrogen-bond acceptors (Lipinski definition) is 4. The molecule has 1 heterocycles. The molecular weight excluding hydrogens is 363 g/mol. The molecule has 0 radical (unpaired) electrons. The molecule has 4 nitrogen and oxygen atoms in total. The van der Waals surface area contributed by atoms with Gasteiger partial charge in [-0.15, -0.1) is 0 Å². The summed E-state index contributed by atoms with van der Waals surface area (Å²) in [6.45, 7) is 6.58. The fourth-order valence-electron chi connectivity index (χ4n) is 3.35. The third-order valence-corrected chi connectivity index (χ3v) is 4.91. The van der Waals surface area contributed by atoms with E-state index < -0.39 is 7.12 Å². The minimum absolute atomic E-state index is 0.238. The van der Waals surface area contributed by atoms with E-state index in [0.29, 0.717) is 19.3 Å². The number of phenolic OH excluding ortho intramolecular Hbond substituents is 1. The van der Waals surface area contributed by atoms with Gasteiger partial charge in [-0.2, -0.15) is 0 Å². The van der Waals surface area contributed by atoms with Gasteiger partial charge in [-0.05, 0) is 49.1 Å². The fraction of sp³-hybridized carbons (Fsp3) is 0.250. The maximum atomic E-state index is 9.95. The number of ether oxygens (including phenoxy) is 1. The van der Waals surface area contributed by atoms with Crippen molar-refractivity contribution in [1.29, 1.82) is 0 Å². The van der Waals surface area contributed by atoms with Crippen LogP contribution in [0.2, 0.25) is 6.32 Å². The van der Waals surface area contributed by atoms with Crippen LogP contribution < -0.4 is 4.74 Å².